The van der Waals surface area contributed by atoms with E-state index < -0.39 is 17.5 Å². The molecule has 0 aliphatic rings. The number of aromatic nitrogens is 3. The van der Waals surface area contributed by atoms with Crippen LogP contribution >= 0.6 is 34.8 Å². The van der Waals surface area contributed by atoms with E-state index in [4.69, 9.17) is 40.5 Å². The number of hydrogen-bond donors (Lipinski definition) is 1. The first-order chi connectivity index (χ1) is 12.2. The van der Waals surface area contributed by atoms with Crippen LogP contribution in [0.5, 0.6) is 0 Å². The summed E-state index contributed by atoms with van der Waals surface area (Å²) in [6.45, 7) is 4.00. The van der Waals surface area contributed by atoms with E-state index in [1.165, 1.54) is 24.3 Å². The van der Waals surface area contributed by atoms with Gasteiger partial charge in [-0.15, -0.1) is 0 Å². The number of anilines is 1. The van der Waals surface area contributed by atoms with Crippen LogP contribution in [0.2, 0.25) is 15.9 Å². The van der Waals surface area contributed by atoms with Crippen LogP contribution in [-0.2, 0) is 9.59 Å². The molecule has 2 aromatic rings. The second kappa shape index (κ2) is 13.7. The van der Waals surface area contributed by atoms with E-state index >= 15 is 0 Å². The third-order valence-electron chi connectivity index (χ3n) is 2.24. The third kappa shape index (κ3) is 11.0. The molecule has 0 aliphatic carbocycles. The summed E-state index contributed by atoms with van der Waals surface area (Å²) in [5.41, 5.74) is 5.39. The quantitative estimate of drug-likeness (QED) is 0.331. The van der Waals surface area contributed by atoms with Crippen LogP contribution in [0.25, 0.3) is 6.08 Å². The highest BCUT2D eigenvalue weighted by atomic mass is 35.5. The van der Waals surface area contributed by atoms with Crippen molar-refractivity contribution in [3.05, 3.63) is 51.3 Å². The predicted molar refractivity (Wildman–Crippen MR) is 104 cm³/mol. The van der Waals surface area contributed by atoms with E-state index in [0.717, 1.165) is 6.08 Å². The molecule has 1 heterocycles. The summed E-state index contributed by atoms with van der Waals surface area (Å²) >= 11 is 16.0. The van der Waals surface area contributed by atoms with Gasteiger partial charge in [-0.3, -0.25) is 0 Å². The summed E-state index contributed by atoms with van der Waals surface area (Å²) in [7, 11) is 0. The minimum Gasteiger partial charge on any atom is -0.545 e. The molecule has 11 heteroatoms. The Morgan fingerprint density at radius 3 is 1.56 bits per heavy atom. The number of nitrogen functional groups attached to an aromatic ring is 1. The summed E-state index contributed by atoms with van der Waals surface area (Å²) in [5.74, 6) is -3.57. The summed E-state index contributed by atoms with van der Waals surface area (Å²) < 4.78 is 0. The molecule has 1 aromatic heterocycles. The molecule has 2 rings (SSSR count). The number of carbonyl (C=O) groups is 2. The molecule has 0 spiro atoms. The Kier molecular flexibility index (Phi) is 13.6. The fraction of sp³-hybridized carbons (Fsp3) is 0.188. The van der Waals surface area contributed by atoms with E-state index in [-0.39, 0.29) is 24.7 Å². The lowest BCUT2D eigenvalue weighted by molar-refractivity contribution is -0.311. The topological polar surface area (TPSA) is 145 Å². The summed E-state index contributed by atoms with van der Waals surface area (Å²) in [6.07, 6.45) is 0.949. The normalized spacial score (nSPS) is 8.63. The molecule has 2 N–H and O–H groups in total. The minimum atomic E-state index is -1.79. The summed E-state index contributed by atoms with van der Waals surface area (Å²) in [6, 6.07) is 6.02. The fourth-order valence-corrected chi connectivity index (χ4v) is 1.87. The number of carbonyl (C=O) groups excluding carboxylic acids is 2. The maximum atomic E-state index is 10.4. The van der Waals surface area contributed by atoms with Gasteiger partial charge in [-0.1, -0.05) is 33.4 Å². The van der Waals surface area contributed by atoms with E-state index in [0.29, 0.717) is 11.3 Å². The summed E-state index contributed by atoms with van der Waals surface area (Å²) in [4.78, 5) is 31.2. The highest BCUT2D eigenvalue weighted by molar-refractivity contribution is 6.33. The van der Waals surface area contributed by atoms with Crippen molar-refractivity contribution in [1.82, 2.24) is 15.0 Å². The Hall–Kier alpha value is -2.42. The van der Waals surface area contributed by atoms with E-state index in [2.05, 4.69) is 15.0 Å². The van der Waals surface area contributed by atoms with E-state index in [1.807, 2.05) is 13.8 Å². The zero-order chi connectivity index (χ0) is 20.3. The molecule has 0 fully saturated rings. The Bertz CT molecular complexity index is 723. The second-order valence-electron chi connectivity index (χ2n) is 3.94. The van der Waals surface area contributed by atoms with Crippen molar-refractivity contribution < 1.29 is 21.2 Å². The lowest BCUT2D eigenvalue weighted by atomic mass is 10.1. The number of halogens is 3. The second-order valence-corrected chi connectivity index (χ2v) is 4.96. The Morgan fingerprint density at radius 1 is 0.926 bits per heavy atom. The highest BCUT2D eigenvalue weighted by Crippen LogP contribution is 2.10. The Balaban J connectivity index is -0.000000416. The minimum absolute atomic E-state index is 0. The number of carboxylic acid groups (broad SMARTS) is 2. The molecule has 27 heavy (non-hydrogen) atoms. The predicted octanol–water partition coefficient (Wildman–Crippen LogP) is 1.89. The maximum Gasteiger partial charge on any atom is 0.227 e. The third-order valence-corrected chi connectivity index (χ3v) is 2.75. The average Bonchev–Trinajstić information content (AvgIpc) is 2.54. The molecule has 0 aliphatic heterocycles. The Morgan fingerprint density at radius 2 is 1.26 bits per heavy atom. The molecule has 0 atom stereocenters. The van der Waals surface area contributed by atoms with Crippen LogP contribution in [0.1, 0.15) is 28.3 Å². The number of nitrogens with zero attached hydrogens (tertiary/aromatic N) is 3. The molecule has 0 saturated heterocycles. The number of nitrogens with two attached hydrogens (primary N) is 1. The smallest absolute Gasteiger partial charge is 0.227 e. The van der Waals surface area contributed by atoms with Gasteiger partial charge in [0.05, 0.1) is 11.9 Å². The molecule has 0 unspecified atom stereocenters. The van der Waals surface area contributed by atoms with Gasteiger partial charge >= 0.3 is 0 Å². The van der Waals surface area contributed by atoms with Crippen molar-refractivity contribution >= 4 is 58.5 Å². The zero-order valence-electron chi connectivity index (χ0n) is 13.6. The SMILES string of the molecule is C.CC.Clc1nc(Cl)nc(Cl)n1.Nc1ccc(C=C(C(=O)[O-])C(=O)[O-])cc1.[2HH]. The number of hydrogen-bond acceptors (Lipinski definition) is 8. The van der Waals surface area contributed by atoms with Crippen LogP contribution in [0.4, 0.5) is 5.69 Å². The molecule has 150 valence electrons. The molecular formula is C16H19Cl3N4O4-2. The van der Waals surface area contributed by atoms with Crippen LogP contribution in [0.15, 0.2) is 29.8 Å². The van der Waals surface area contributed by atoms with E-state index in [1.54, 1.807) is 0 Å². The lowest BCUT2D eigenvalue weighted by Crippen LogP contribution is -2.36. The van der Waals surface area contributed by atoms with Gasteiger partial charge in [0.1, 0.15) is 0 Å². The van der Waals surface area contributed by atoms with Gasteiger partial charge in [-0.2, -0.15) is 15.0 Å². The van der Waals surface area contributed by atoms with Crippen LogP contribution < -0.4 is 15.9 Å². The van der Waals surface area contributed by atoms with Crippen molar-refractivity contribution in [3.8, 4) is 0 Å². The summed E-state index contributed by atoms with van der Waals surface area (Å²) in [5, 5.41) is 20.8. The molecule has 0 radical (unpaired) electrons. The maximum absolute atomic E-state index is 10.4. The standard InChI is InChI=1S/C10H9NO4.C3Cl3N3.C2H6.CH4.H2/c11-7-3-1-6(2-4-7)5-8(9(12)13)10(14)15;4-1-7-2(5)9-3(6)8-1;1-2;;/h1-5H,11H2,(H,12,13)(H,14,15);;1-2H3;1H4;1H/p-2/i;;;;1+1. The first kappa shape index (κ1) is 26.8. The van der Waals surface area contributed by atoms with Crippen LogP contribution in [-0.4, -0.2) is 26.9 Å². The van der Waals surface area contributed by atoms with Gasteiger partial charge in [0, 0.05) is 12.7 Å². The number of rotatable bonds is 3. The zero-order valence-corrected chi connectivity index (χ0v) is 15.8. The van der Waals surface area contributed by atoms with Crippen molar-refractivity contribution in [3.63, 3.8) is 0 Å². The molecular weight excluding hydrogens is 419 g/mol. The lowest BCUT2D eigenvalue weighted by Gasteiger charge is -2.09. The van der Waals surface area contributed by atoms with Gasteiger partial charge in [0.2, 0.25) is 15.9 Å². The number of benzene rings is 1. The molecule has 0 amide bonds. The van der Waals surface area contributed by atoms with Gasteiger partial charge in [0.25, 0.3) is 0 Å². The average molecular weight is 439 g/mol. The van der Waals surface area contributed by atoms with Crippen molar-refractivity contribution in [2.24, 2.45) is 0 Å². The first-order valence-corrected chi connectivity index (χ1v) is 8.05. The monoisotopic (exact) mass is 437 g/mol. The first-order valence-electron chi connectivity index (χ1n) is 6.91. The van der Waals surface area contributed by atoms with E-state index in [9.17, 15) is 19.8 Å². The molecule has 8 nitrogen and oxygen atoms in total. The van der Waals surface area contributed by atoms with Gasteiger partial charge in [-0.05, 0) is 58.6 Å². The van der Waals surface area contributed by atoms with Crippen LogP contribution in [0, 0.1) is 0 Å². The Labute approximate surface area is 173 Å². The largest absolute Gasteiger partial charge is 0.545 e. The fourth-order valence-electron chi connectivity index (χ4n) is 1.26. The molecule has 0 bridgehead atoms. The molecule has 1 aromatic carbocycles. The van der Waals surface area contributed by atoms with Gasteiger partial charge in [0.15, 0.2) is 0 Å². The van der Waals surface area contributed by atoms with Crippen molar-refractivity contribution in [2.45, 2.75) is 21.3 Å². The van der Waals surface area contributed by atoms with Crippen LogP contribution in [0.3, 0.4) is 0 Å². The highest BCUT2D eigenvalue weighted by Gasteiger charge is 2.00. The van der Waals surface area contributed by atoms with Crippen molar-refractivity contribution in [2.75, 3.05) is 5.73 Å². The number of carboxylic acids is 2. The molecule has 0 saturated carbocycles. The van der Waals surface area contributed by atoms with Gasteiger partial charge < -0.3 is 25.5 Å². The van der Waals surface area contributed by atoms with Gasteiger partial charge in [-0.25, -0.2) is 0 Å². The number of aliphatic carboxylic acids is 2. The van der Waals surface area contributed by atoms with Crippen molar-refractivity contribution in [1.29, 1.82) is 0 Å².